The molecule has 1 radical (unpaired) electrons. The molecule has 0 aromatic carbocycles. The van der Waals surface area contributed by atoms with E-state index in [1.54, 1.807) is 14.2 Å². The fourth-order valence-electron chi connectivity index (χ4n) is 0.740. The normalized spacial score (nSPS) is 10.6. The minimum absolute atomic E-state index is 0. The number of methoxy groups -OCH3 is 2. The first kappa shape index (κ1) is 16.7. The average molecular weight is 406 g/mol. The van der Waals surface area contributed by atoms with Gasteiger partial charge in [0.25, 0.3) is 0 Å². The van der Waals surface area contributed by atoms with Crippen molar-refractivity contribution in [2.24, 2.45) is 0 Å². The Hall–Kier alpha value is 1.32. The molecule has 3 nitrogen and oxygen atoms in total. The molecule has 85 valence electrons. The molecule has 0 aromatic heterocycles. The van der Waals surface area contributed by atoms with Crippen LogP contribution in [0.15, 0.2) is 0 Å². The van der Waals surface area contributed by atoms with E-state index in [0.717, 1.165) is 13.1 Å². The molecule has 0 aliphatic heterocycles. The summed E-state index contributed by atoms with van der Waals surface area (Å²) < 4.78 is 9.59. The van der Waals surface area contributed by atoms with E-state index < -0.39 is 0 Å². The van der Waals surface area contributed by atoms with Crippen molar-refractivity contribution >= 4 is 25.3 Å². The van der Waals surface area contributed by atoms with Crippen molar-refractivity contribution in [3.8, 4) is 0 Å². The summed E-state index contributed by atoms with van der Waals surface area (Å²) in [6.07, 6.45) is 0. The van der Waals surface area contributed by atoms with Gasteiger partial charge in [0, 0.05) is 49.7 Å². The summed E-state index contributed by atoms with van der Waals surface area (Å²) in [6, 6.07) is 0. The fraction of sp³-hybridized carbons (Fsp3) is 1.00. The Kier molecular flexibility index (Phi) is 14.7. The van der Waals surface area contributed by atoms with Crippen LogP contribution in [-0.2, 0) is 57.1 Å². The van der Waals surface area contributed by atoms with Gasteiger partial charge in [-0.2, -0.15) is 0 Å². The van der Waals surface area contributed by atoms with E-state index in [-0.39, 0.29) is 27.1 Å². The van der Waals surface area contributed by atoms with Crippen LogP contribution < -0.4 is 0 Å². The quantitative estimate of drug-likeness (QED) is 0.436. The smallest absolute Gasteiger partial charge is 0.0588 e. The summed E-state index contributed by atoms with van der Waals surface area (Å²) in [6.45, 7) is 2.87. The van der Waals surface area contributed by atoms with Gasteiger partial charge in [-0.15, -0.1) is 0 Å². The Morgan fingerprint density at radius 1 is 1.08 bits per heavy atom. The summed E-state index contributed by atoms with van der Waals surface area (Å²) in [4.78, 5) is 1.97. The second-order valence-electron chi connectivity index (χ2n) is 2.33. The first-order chi connectivity index (χ1) is 5.72. The number of hydrogen-bond acceptors (Lipinski definition) is 5. The zero-order valence-electron chi connectivity index (χ0n) is 7.79. The molecule has 0 saturated heterocycles. The topological polar surface area (TPSA) is 21.7 Å². The van der Waals surface area contributed by atoms with Gasteiger partial charge in [0.2, 0.25) is 0 Å². The molecule has 0 aliphatic rings. The molecule has 0 N–H and O–H groups in total. The maximum Gasteiger partial charge on any atom is 0.0588 e. The molecular formula is C7H15AuNO2S2-2. The number of rotatable bonds is 7. The minimum atomic E-state index is -0.268. The number of hydrogen-bond donors (Lipinski definition) is 0. The van der Waals surface area contributed by atoms with Crippen LogP contribution in [0.5, 0.6) is 0 Å². The maximum absolute atomic E-state index is 4.96. The van der Waals surface area contributed by atoms with Crippen LogP contribution in [-0.4, -0.2) is 50.1 Å². The van der Waals surface area contributed by atoms with Crippen LogP contribution in [0.2, 0.25) is 0 Å². The van der Waals surface area contributed by atoms with Crippen LogP contribution in [0.3, 0.4) is 0 Å². The first-order valence-electron chi connectivity index (χ1n) is 3.76. The van der Waals surface area contributed by atoms with E-state index >= 15 is 0 Å². The Morgan fingerprint density at radius 3 is 1.69 bits per heavy atom. The number of nitrogens with zero attached hydrogens (tertiary/aromatic N) is 1. The Morgan fingerprint density at radius 2 is 1.46 bits per heavy atom. The Balaban J connectivity index is 0. The van der Waals surface area contributed by atoms with Gasteiger partial charge in [0.05, 0.1) is 13.2 Å². The monoisotopic (exact) mass is 406 g/mol. The van der Waals surface area contributed by atoms with E-state index in [4.69, 9.17) is 34.7 Å². The van der Waals surface area contributed by atoms with E-state index in [0.29, 0.717) is 13.2 Å². The van der Waals surface area contributed by atoms with Gasteiger partial charge in [-0.1, -0.05) is 0 Å². The van der Waals surface area contributed by atoms with Crippen LogP contribution in [0.4, 0.5) is 0 Å². The Bertz CT molecular complexity index is 100. The standard InChI is InChI=1S/C7H17NO2S2.Au/c1-9-5-3-8(7(11)12)4-6-10-2;/h7,11-12H,3-6H2,1-2H3;/p-2. The van der Waals surface area contributed by atoms with Crippen LogP contribution in [0.25, 0.3) is 0 Å². The summed E-state index contributed by atoms with van der Waals surface area (Å²) >= 11 is 9.91. The molecule has 0 rings (SSSR count). The third-order valence-electron chi connectivity index (χ3n) is 1.46. The third kappa shape index (κ3) is 9.62. The molecule has 6 heteroatoms. The second kappa shape index (κ2) is 11.4. The van der Waals surface area contributed by atoms with E-state index in [2.05, 4.69) is 0 Å². The molecule has 0 heterocycles. The average Bonchev–Trinajstić information content (AvgIpc) is 2.04. The molecule has 0 aliphatic carbocycles. The molecule has 0 unspecified atom stereocenters. The van der Waals surface area contributed by atoms with Gasteiger partial charge in [-0.3, -0.25) is 0 Å². The van der Waals surface area contributed by atoms with Crippen molar-refractivity contribution in [1.29, 1.82) is 0 Å². The third-order valence-corrected chi connectivity index (χ3v) is 2.06. The van der Waals surface area contributed by atoms with Gasteiger partial charge in [0.1, 0.15) is 0 Å². The predicted octanol–water partition coefficient (Wildman–Crippen LogP) is -0.0439. The molecule has 0 bridgehead atoms. The molecule has 13 heavy (non-hydrogen) atoms. The fourth-order valence-corrected chi connectivity index (χ4v) is 1.16. The first-order valence-corrected chi connectivity index (χ1v) is 4.70. The van der Waals surface area contributed by atoms with Crippen LogP contribution in [0, 0.1) is 0 Å². The van der Waals surface area contributed by atoms with Crippen molar-refractivity contribution in [3.05, 3.63) is 0 Å². The molecule has 0 aromatic rings. The molecule has 0 fully saturated rings. The van der Waals surface area contributed by atoms with Crippen LogP contribution >= 0.6 is 0 Å². The minimum Gasteiger partial charge on any atom is -0.800 e. The zero-order valence-corrected chi connectivity index (χ0v) is 11.6. The van der Waals surface area contributed by atoms with Crippen LogP contribution in [0.1, 0.15) is 0 Å². The predicted molar refractivity (Wildman–Crippen MR) is 53.8 cm³/mol. The second-order valence-corrected chi connectivity index (χ2v) is 3.52. The molecule has 0 atom stereocenters. The van der Waals surface area contributed by atoms with Crippen molar-refractivity contribution in [2.75, 3.05) is 40.5 Å². The van der Waals surface area contributed by atoms with Gasteiger partial charge in [-0.05, 0) is 0 Å². The SMILES string of the molecule is COCCN(CCOC)C([S-])[S-].[Au]. The summed E-state index contributed by atoms with van der Waals surface area (Å²) in [7, 11) is 3.33. The summed E-state index contributed by atoms with van der Waals surface area (Å²) in [5, 5.41) is 0. The van der Waals surface area contributed by atoms with Crippen molar-refractivity contribution < 1.29 is 31.9 Å². The van der Waals surface area contributed by atoms with Crippen molar-refractivity contribution in [3.63, 3.8) is 0 Å². The van der Waals surface area contributed by atoms with E-state index in [9.17, 15) is 0 Å². The largest absolute Gasteiger partial charge is 0.800 e. The van der Waals surface area contributed by atoms with Gasteiger partial charge >= 0.3 is 0 Å². The summed E-state index contributed by atoms with van der Waals surface area (Å²) in [5.74, 6) is 0. The van der Waals surface area contributed by atoms with Gasteiger partial charge in [0.15, 0.2) is 0 Å². The molecule has 0 spiro atoms. The van der Waals surface area contributed by atoms with Crippen molar-refractivity contribution in [2.45, 2.75) is 4.71 Å². The Labute approximate surface area is 107 Å². The van der Waals surface area contributed by atoms with Gasteiger partial charge < -0.3 is 39.6 Å². The molecular weight excluding hydrogens is 391 g/mol. The zero-order chi connectivity index (χ0) is 9.40. The maximum atomic E-state index is 4.96. The van der Waals surface area contributed by atoms with Crippen molar-refractivity contribution in [1.82, 2.24) is 4.90 Å². The summed E-state index contributed by atoms with van der Waals surface area (Å²) in [5.41, 5.74) is 0. The van der Waals surface area contributed by atoms with E-state index in [1.165, 1.54) is 0 Å². The molecule has 0 saturated carbocycles. The van der Waals surface area contributed by atoms with Gasteiger partial charge in [-0.25, -0.2) is 4.71 Å². The number of ether oxygens (including phenoxy) is 2. The van der Waals surface area contributed by atoms with E-state index in [1.807, 2.05) is 4.90 Å². The molecule has 0 amide bonds.